The maximum atomic E-state index is 13.0. The number of aliphatic carboxylic acids is 1. The van der Waals surface area contributed by atoms with Crippen LogP contribution in [0, 0.1) is 0 Å². The van der Waals surface area contributed by atoms with Gasteiger partial charge in [-0.2, -0.15) is 13.2 Å². The Morgan fingerprint density at radius 3 is 2.39 bits per heavy atom. The van der Waals surface area contributed by atoms with E-state index in [0.29, 0.717) is 28.9 Å². The van der Waals surface area contributed by atoms with E-state index in [4.69, 9.17) is 21.4 Å². The third kappa shape index (κ3) is 5.12. The van der Waals surface area contributed by atoms with E-state index in [1.807, 2.05) is 42.5 Å². The smallest absolute Gasteiger partial charge is 0.416 e. The van der Waals surface area contributed by atoms with Gasteiger partial charge in [0.25, 0.3) is 0 Å². The number of carboxylic acids is 1. The molecule has 4 rings (SSSR count). The van der Waals surface area contributed by atoms with Crippen LogP contribution >= 0.6 is 11.6 Å². The number of carbonyl (C=O) groups is 1. The fraction of sp³-hybridized carbons (Fsp3) is 0.115. The third-order valence-electron chi connectivity index (χ3n) is 5.28. The minimum Gasteiger partial charge on any atom is -0.482 e. The molecule has 0 saturated carbocycles. The molecule has 0 aliphatic heterocycles. The van der Waals surface area contributed by atoms with Crippen LogP contribution in [0.5, 0.6) is 5.75 Å². The number of halogens is 4. The summed E-state index contributed by atoms with van der Waals surface area (Å²) in [5, 5.41) is 11.1. The molecule has 0 amide bonds. The van der Waals surface area contributed by atoms with E-state index in [-0.39, 0.29) is 5.02 Å². The van der Waals surface area contributed by atoms with Crippen LogP contribution in [0.3, 0.4) is 0 Å². The van der Waals surface area contributed by atoms with Crippen LogP contribution in [0.15, 0.2) is 78.9 Å². The second-order valence-corrected chi connectivity index (χ2v) is 7.92. The van der Waals surface area contributed by atoms with E-state index in [1.165, 1.54) is 6.07 Å². The number of fused-ring (bicyclic) bond motifs is 1. The highest BCUT2D eigenvalue weighted by molar-refractivity contribution is 6.33. The van der Waals surface area contributed by atoms with Crippen molar-refractivity contribution in [3.05, 3.63) is 101 Å². The van der Waals surface area contributed by atoms with Gasteiger partial charge in [-0.05, 0) is 51.7 Å². The number of alkyl halides is 3. The highest BCUT2D eigenvalue weighted by Gasteiger charge is 2.31. The zero-order valence-corrected chi connectivity index (χ0v) is 18.0. The van der Waals surface area contributed by atoms with Crippen molar-refractivity contribution in [1.29, 1.82) is 0 Å². The van der Waals surface area contributed by atoms with Crippen LogP contribution in [-0.2, 0) is 17.4 Å². The predicted octanol–water partition coefficient (Wildman–Crippen LogP) is 7.23. The zero-order chi connectivity index (χ0) is 23.6. The topological polar surface area (TPSA) is 46.5 Å². The Morgan fingerprint density at radius 1 is 0.909 bits per heavy atom. The Balaban J connectivity index is 1.77. The molecule has 0 atom stereocenters. The molecule has 3 nitrogen and oxygen atoms in total. The van der Waals surface area contributed by atoms with Gasteiger partial charge in [0.1, 0.15) is 5.75 Å². The molecule has 0 spiro atoms. The molecule has 0 saturated heterocycles. The summed E-state index contributed by atoms with van der Waals surface area (Å²) in [6.45, 7) is -0.511. The van der Waals surface area contributed by atoms with E-state index in [2.05, 4.69) is 0 Å². The number of rotatable bonds is 6. The minimum absolute atomic E-state index is 0.0276. The molecule has 0 radical (unpaired) electrons. The molecule has 0 heterocycles. The first kappa shape index (κ1) is 22.7. The third-order valence-corrected chi connectivity index (χ3v) is 5.59. The number of ether oxygens (including phenoxy) is 1. The largest absolute Gasteiger partial charge is 0.482 e. The van der Waals surface area contributed by atoms with Gasteiger partial charge >= 0.3 is 12.1 Å². The number of carboxylic acid groups (broad SMARTS) is 1. The van der Waals surface area contributed by atoms with Crippen LogP contribution in [0.25, 0.3) is 21.9 Å². The molecule has 33 heavy (non-hydrogen) atoms. The Bertz CT molecular complexity index is 1330. The molecule has 168 valence electrons. The lowest BCUT2D eigenvalue weighted by Crippen LogP contribution is -2.10. The zero-order valence-electron chi connectivity index (χ0n) is 17.2. The Hall–Kier alpha value is -3.51. The lowest BCUT2D eigenvalue weighted by molar-refractivity contribution is -0.139. The van der Waals surface area contributed by atoms with E-state index >= 15 is 0 Å². The fourth-order valence-corrected chi connectivity index (χ4v) is 4.03. The van der Waals surface area contributed by atoms with Gasteiger partial charge in [0.05, 0.1) is 5.56 Å². The summed E-state index contributed by atoms with van der Waals surface area (Å²) in [5.41, 5.74) is 1.92. The first-order valence-corrected chi connectivity index (χ1v) is 10.4. The summed E-state index contributed by atoms with van der Waals surface area (Å²) in [5.74, 6) is -0.724. The maximum Gasteiger partial charge on any atom is 0.416 e. The van der Waals surface area contributed by atoms with Crippen molar-refractivity contribution >= 4 is 28.3 Å². The van der Waals surface area contributed by atoms with Crippen LogP contribution in [0.2, 0.25) is 5.02 Å². The van der Waals surface area contributed by atoms with Crippen LogP contribution in [0.4, 0.5) is 13.2 Å². The molecule has 7 heteroatoms. The Morgan fingerprint density at radius 2 is 1.67 bits per heavy atom. The number of hydrogen-bond donors (Lipinski definition) is 1. The Kier molecular flexibility index (Phi) is 6.29. The quantitative estimate of drug-likeness (QED) is 0.323. The highest BCUT2D eigenvalue weighted by Crippen LogP contribution is 2.37. The second-order valence-electron chi connectivity index (χ2n) is 7.51. The van der Waals surface area contributed by atoms with Crippen LogP contribution in [-0.4, -0.2) is 17.7 Å². The lowest BCUT2D eigenvalue weighted by Gasteiger charge is -2.15. The normalized spacial score (nSPS) is 11.5. The van der Waals surface area contributed by atoms with Gasteiger partial charge in [0, 0.05) is 17.0 Å². The van der Waals surface area contributed by atoms with Crippen LogP contribution in [0.1, 0.15) is 16.7 Å². The van der Waals surface area contributed by atoms with Gasteiger partial charge in [-0.1, -0.05) is 66.2 Å². The van der Waals surface area contributed by atoms with E-state index < -0.39 is 24.3 Å². The first-order valence-electron chi connectivity index (χ1n) is 10.0. The monoisotopic (exact) mass is 470 g/mol. The predicted molar refractivity (Wildman–Crippen MR) is 122 cm³/mol. The molecule has 0 aliphatic rings. The molecule has 4 aromatic carbocycles. The fourth-order valence-electron chi connectivity index (χ4n) is 3.74. The van der Waals surface area contributed by atoms with E-state index in [9.17, 15) is 18.0 Å². The molecule has 0 bridgehead atoms. The molecule has 0 aliphatic carbocycles. The Labute approximate surface area is 193 Å². The lowest BCUT2D eigenvalue weighted by atomic mass is 9.95. The minimum atomic E-state index is -4.49. The summed E-state index contributed by atoms with van der Waals surface area (Å²) in [7, 11) is 0. The van der Waals surface area contributed by atoms with Crippen molar-refractivity contribution in [2.45, 2.75) is 12.6 Å². The van der Waals surface area contributed by atoms with Gasteiger partial charge in [-0.3, -0.25) is 0 Å². The van der Waals surface area contributed by atoms with Gasteiger partial charge in [-0.15, -0.1) is 0 Å². The summed E-state index contributed by atoms with van der Waals surface area (Å²) in [4.78, 5) is 11.0. The molecule has 4 aromatic rings. The van der Waals surface area contributed by atoms with Gasteiger partial charge in [0.15, 0.2) is 6.61 Å². The standard InChI is InChI=1S/C26H18ClF3O3/c27-23-14-20(26(28,29)30)9-10-22(23)18-8-11-24(33-15-25(31)32)19(13-18)12-17-6-3-5-16-4-1-2-7-21(16)17/h1-11,13-14H,12,15H2,(H,31,32). The maximum absolute atomic E-state index is 13.0. The average molecular weight is 471 g/mol. The highest BCUT2D eigenvalue weighted by atomic mass is 35.5. The molecule has 0 unspecified atom stereocenters. The number of hydrogen-bond acceptors (Lipinski definition) is 2. The van der Waals surface area contributed by atoms with Gasteiger partial charge < -0.3 is 9.84 Å². The van der Waals surface area contributed by atoms with Crippen molar-refractivity contribution in [3.63, 3.8) is 0 Å². The molecule has 0 fully saturated rings. The SMILES string of the molecule is O=C(O)COc1ccc(-c2ccc(C(F)(F)F)cc2Cl)cc1Cc1cccc2ccccc12. The van der Waals surface area contributed by atoms with Crippen molar-refractivity contribution in [2.24, 2.45) is 0 Å². The second kappa shape index (κ2) is 9.16. The summed E-state index contributed by atoms with van der Waals surface area (Å²) < 4.78 is 44.5. The molecular weight excluding hydrogens is 453 g/mol. The summed E-state index contributed by atoms with van der Waals surface area (Å²) in [6.07, 6.45) is -4.06. The van der Waals surface area contributed by atoms with Gasteiger partial charge in [-0.25, -0.2) is 4.79 Å². The molecular formula is C26H18ClF3O3. The van der Waals surface area contributed by atoms with Crippen LogP contribution < -0.4 is 4.74 Å². The summed E-state index contributed by atoms with van der Waals surface area (Å²) >= 11 is 6.19. The first-order chi connectivity index (χ1) is 15.7. The average Bonchev–Trinajstić information content (AvgIpc) is 2.78. The molecule has 0 aromatic heterocycles. The number of benzene rings is 4. The van der Waals surface area contributed by atoms with Crippen molar-refractivity contribution in [3.8, 4) is 16.9 Å². The van der Waals surface area contributed by atoms with E-state index in [0.717, 1.165) is 28.5 Å². The van der Waals surface area contributed by atoms with E-state index in [1.54, 1.807) is 18.2 Å². The van der Waals surface area contributed by atoms with Crippen molar-refractivity contribution < 1.29 is 27.8 Å². The van der Waals surface area contributed by atoms with Crippen molar-refractivity contribution in [1.82, 2.24) is 0 Å². The van der Waals surface area contributed by atoms with Crippen molar-refractivity contribution in [2.75, 3.05) is 6.61 Å². The summed E-state index contributed by atoms with van der Waals surface area (Å²) in [6, 6.07) is 22.0. The molecule has 1 N–H and O–H groups in total. The van der Waals surface area contributed by atoms with Gasteiger partial charge in [0.2, 0.25) is 0 Å².